The highest BCUT2D eigenvalue weighted by molar-refractivity contribution is 5.82. The summed E-state index contributed by atoms with van der Waals surface area (Å²) in [6, 6.07) is 6.25. The standard InChI is InChI=1S/C15H16N4/c1-3-5-11-6-4-7-14-13(11)9-16-15(18-14)12-8-17-19(2)10-12/h4,6-10H,3,5H2,1-2H3. The Hall–Kier alpha value is -2.23. The fraction of sp³-hybridized carbons (Fsp3) is 0.267. The first kappa shape index (κ1) is 11.8. The second-order valence-corrected chi connectivity index (χ2v) is 4.70. The predicted octanol–water partition coefficient (Wildman–Crippen LogP) is 2.98. The van der Waals surface area contributed by atoms with Crippen LogP contribution >= 0.6 is 0 Å². The van der Waals surface area contributed by atoms with E-state index in [1.165, 1.54) is 5.56 Å². The number of hydrogen-bond donors (Lipinski definition) is 0. The minimum Gasteiger partial charge on any atom is -0.275 e. The molecule has 3 aromatic rings. The van der Waals surface area contributed by atoms with Gasteiger partial charge in [-0.05, 0) is 18.1 Å². The van der Waals surface area contributed by atoms with E-state index in [9.17, 15) is 0 Å². The van der Waals surface area contributed by atoms with E-state index in [1.807, 2.05) is 25.5 Å². The Morgan fingerprint density at radius 3 is 2.84 bits per heavy atom. The van der Waals surface area contributed by atoms with E-state index >= 15 is 0 Å². The van der Waals surface area contributed by atoms with Gasteiger partial charge in [-0.15, -0.1) is 0 Å². The first-order valence-corrected chi connectivity index (χ1v) is 6.51. The zero-order valence-corrected chi connectivity index (χ0v) is 11.2. The molecule has 0 spiro atoms. The van der Waals surface area contributed by atoms with E-state index in [0.29, 0.717) is 0 Å². The summed E-state index contributed by atoms with van der Waals surface area (Å²) in [5.41, 5.74) is 3.27. The van der Waals surface area contributed by atoms with Crippen LogP contribution in [0.25, 0.3) is 22.3 Å². The summed E-state index contributed by atoms with van der Waals surface area (Å²) in [4.78, 5) is 9.11. The maximum Gasteiger partial charge on any atom is 0.162 e. The van der Waals surface area contributed by atoms with Crippen LogP contribution in [0.15, 0.2) is 36.8 Å². The molecule has 0 aliphatic heterocycles. The molecule has 2 heterocycles. The van der Waals surface area contributed by atoms with Gasteiger partial charge < -0.3 is 0 Å². The first-order valence-electron chi connectivity index (χ1n) is 6.51. The van der Waals surface area contributed by atoms with E-state index in [-0.39, 0.29) is 0 Å². The van der Waals surface area contributed by atoms with Crippen LogP contribution in [0.1, 0.15) is 18.9 Å². The van der Waals surface area contributed by atoms with Crippen molar-refractivity contribution in [3.63, 3.8) is 0 Å². The van der Waals surface area contributed by atoms with Crippen molar-refractivity contribution in [3.8, 4) is 11.4 Å². The van der Waals surface area contributed by atoms with E-state index in [2.05, 4.69) is 34.1 Å². The third kappa shape index (κ3) is 2.21. The summed E-state index contributed by atoms with van der Waals surface area (Å²) < 4.78 is 1.76. The van der Waals surface area contributed by atoms with Crippen molar-refractivity contribution in [1.29, 1.82) is 0 Å². The van der Waals surface area contributed by atoms with Gasteiger partial charge in [0.15, 0.2) is 5.82 Å². The number of benzene rings is 1. The zero-order valence-electron chi connectivity index (χ0n) is 11.2. The molecular formula is C15H16N4. The number of aryl methyl sites for hydroxylation is 2. The third-order valence-electron chi connectivity index (χ3n) is 3.20. The number of fused-ring (bicyclic) bond motifs is 1. The molecule has 0 amide bonds. The molecule has 0 radical (unpaired) electrons. The number of nitrogens with zero attached hydrogens (tertiary/aromatic N) is 4. The molecule has 19 heavy (non-hydrogen) atoms. The van der Waals surface area contributed by atoms with E-state index in [1.54, 1.807) is 10.9 Å². The summed E-state index contributed by atoms with van der Waals surface area (Å²) in [6.07, 6.45) is 7.83. The van der Waals surface area contributed by atoms with E-state index in [0.717, 1.165) is 35.1 Å². The fourth-order valence-corrected chi connectivity index (χ4v) is 2.28. The molecule has 0 aliphatic rings. The molecule has 3 rings (SSSR count). The van der Waals surface area contributed by atoms with Crippen LogP contribution < -0.4 is 0 Å². The first-order chi connectivity index (χ1) is 9.28. The molecule has 0 bridgehead atoms. The SMILES string of the molecule is CCCc1cccc2nc(-c3cnn(C)c3)ncc12. The lowest BCUT2D eigenvalue weighted by Gasteiger charge is -2.05. The summed E-state index contributed by atoms with van der Waals surface area (Å²) in [5, 5.41) is 5.31. The van der Waals surface area contributed by atoms with Crippen LogP contribution in [0.3, 0.4) is 0 Å². The molecule has 96 valence electrons. The van der Waals surface area contributed by atoms with Gasteiger partial charge in [0.1, 0.15) is 0 Å². The molecule has 1 aromatic carbocycles. The summed E-state index contributed by atoms with van der Waals surface area (Å²) in [6.45, 7) is 2.18. The fourth-order valence-electron chi connectivity index (χ4n) is 2.28. The van der Waals surface area contributed by atoms with Crippen molar-refractivity contribution in [2.75, 3.05) is 0 Å². The molecule has 0 fully saturated rings. The molecule has 0 saturated heterocycles. The Morgan fingerprint density at radius 1 is 1.21 bits per heavy atom. The van der Waals surface area contributed by atoms with Crippen molar-refractivity contribution in [1.82, 2.24) is 19.7 Å². The minimum absolute atomic E-state index is 0.731. The molecule has 0 N–H and O–H groups in total. The summed E-state index contributed by atoms with van der Waals surface area (Å²) in [7, 11) is 1.89. The molecule has 0 aliphatic carbocycles. The third-order valence-corrected chi connectivity index (χ3v) is 3.20. The van der Waals surface area contributed by atoms with E-state index in [4.69, 9.17) is 0 Å². The average Bonchev–Trinajstić information content (AvgIpc) is 2.86. The van der Waals surface area contributed by atoms with Gasteiger partial charge in [0.05, 0.1) is 17.3 Å². The van der Waals surface area contributed by atoms with Gasteiger partial charge in [-0.25, -0.2) is 9.97 Å². The number of hydrogen-bond acceptors (Lipinski definition) is 3. The van der Waals surface area contributed by atoms with Crippen molar-refractivity contribution < 1.29 is 0 Å². The topological polar surface area (TPSA) is 43.6 Å². The largest absolute Gasteiger partial charge is 0.275 e. The van der Waals surface area contributed by atoms with Gasteiger partial charge in [-0.2, -0.15) is 5.10 Å². The van der Waals surface area contributed by atoms with Gasteiger partial charge in [-0.1, -0.05) is 25.5 Å². The van der Waals surface area contributed by atoms with Crippen molar-refractivity contribution in [2.45, 2.75) is 19.8 Å². The summed E-state index contributed by atoms with van der Waals surface area (Å²) in [5.74, 6) is 0.731. The maximum atomic E-state index is 4.64. The van der Waals surface area contributed by atoms with Gasteiger partial charge >= 0.3 is 0 Å². The molecule has 2 aromatic heterocycles. The Balaban J connectivity index is 2.11. The van der Waals surface area contributed by atoms with Gasteiger partial charge in [0, 0.05) is 24.8 Å². The van der Waals surface area contributed by atoms with Crippen LogP contribution in [-0.2, 0) is 13.5 Å². The normalized spacial score (nSPS) is 11.1. The summed E-state index contributed by atoms with van der Waals surface area (Å²) >= 11 is 0. The molecule has 4 nitrogen and oxygen atoms in total. The molecule has 0 unspecified atom stereocenters. The predicted molar refractivity (Wildman–Crippen MR) is 75.7 cm³/mol. The lowest BCUT2D eigenvalue weighted by molar-refractivity contribution is 0.768. The molecular weight excluding hydrogens is 236 g/mol. The maximum absolute atomic E-state index is 4.64. The Morgan fingerprint density at radius 2 is 2.11 bits per heavy atom. The average molecular weight is 252 g/mol. The lowest BCUT2D eigenvalue weighted by Crippen LogP contribution is -1.92. The molecule has 0 atom stereocenters. The molecule has 0 saturated carbocycles. The Bertz CT molecular complexity index is 715. The van der Waals surface area contributed by atoms with Crippen LogP contribution in [0.4, 0.5) is 0 Å². The van der Waals surface area contributed by atoms with Crippen molar-refractivity contribution >= 4 is 10.9 Å². The monoisotopic (exact) mass is 252 g/mol. The second kappa shape index (κ2) is 4.80. The highest BCUT2D eigenvalue weighted by Crippen LogP contribution is 2.21. The smallest absolute Gasteiger partial charge is 0.162 e. The highest BCUT2D eigenvalue weighted by atomic mass is 15.2. The van der Waals surface area contributed by atoms with E-state index < -0.39 is 0 Å². The second-order valence-electron chi connectivity index (χ2n) is 4.70. The number of rotatable bonds is 3. The van der Waals surface area contributed by atoms with Crippen LogP contribution in [0.2, 0.25) is 0 Å². The van der Waals surface area contributed by atoms with Crippen LogP contribution in [-0.4, -0.2) is 19.7 Å². The molecule has 4 heteroatoms. The lowest BCUT2D eigenvalue weighted by atomic mass is 10.1. The Labute approximate surface area is 112 Å². The zero-order chi connectivity index (χ0) is 13.2. The Kier molecular flexibility index (Phi) is 2.99. The minimum atomic E-state index is 0.731. The van der Waals surface area contributed by atoms with Crippen LogP contribution in [0.5, 0.6) is 0 Å². The highest BCUT2D eigenvalue weighted by Gasteiger charge is 2.07. The quantitative estimate of drug-likeness (QED) is 0.719. The van der Waals surface area contributed by atoms with Crippen molar-refractivity contribution in [3.05, 3.63) is 42.4 Å². The van der Waals surface area contributed by atoms with Crippen LogP contribution in [0, 0.1) is 0 Å². The van der Waals surface area contributed by atoms with Gasteiger partial charge in [0.25, 0.3) is 0 Å². The van der Waals surface area contributed by atoms with Crippen molar-refractivity contribution in [2.24, 2.45) is 7.05 Å². The number of aromatic nitrogens is 4. The van der Waals surface area contributed by atoms with Gasteiger partial charge in [0.2, 0.25) is 0 Å². The van der Waals surface area contributed by atoms with Gasteiger partial charge in [-0.3, -0.25) is 4.68 Å².